The molecule has 6 heteroatoms. The molecule has 1 aliphatic heterocycles. The molecule has 1 aliphatic rings. The monoisotopic (exact) mass is 380 g/mol. The molecule has 2 aromatic rings. The van der Waals surface area contributed by atoms with Gasteiger partial charge in [0.05, 0.1) is 7.11 Å². The summed E-state index contributed by atoms with van der Waals surface area (Å²) in [6.45, 7) is 5.69. The highest BCUT2D eigenvalue weighted by molar-refractivity contribution is 6.22. The molecule has 2 atom stereocenters. The molecule has 2 unspecified atom stereocenters. The Hall–Kier alpha value is -3.04. The molecular formula is C22H24N2O4. The number of Topliss-reactive ketones (excluding diaryl/α,β-unsaturated/α-hetero) is 1. The van der Waals surface area contributed by atoms with Crippen LogP contribution in [0.2, 0.25) is 0 Å². The van der Waals surface area contributed by atoms with E-state index in [0.29, 0.717) is 29.0 Å². The zero-order valence-electron chi connectivity index (χ0n) is 16.4. The second-order valence-corrected chi connectivity index (χ2v) is 7.60. The van der Waals surface area contributed by atoms with E-state index in [-0.39, 0.29) is 17.4 Å². The lowest BCUT2D eigenvalue weighted by molar-refractivity contribution is -0.116. The fraction of sp³-hybridized carbons (Fsp3) is 0.364. The van der Waals surface area contributed by atoms with E-state index in [9.17, 15) is 14.7 Å². The number of fused-ring (bicyclic) bond motifs is 1. The van der Waals surface area contributed by atoms with Crippen LogP contribution in [0.5, 0.6) is 5.75 Å². The second-order valence-electron chi connectivity index (χ2n) is 7.60. The maximum Gasteiger partial charge on any atom is 0.240 e. The Balaban J connectivity index is 2.03. The van der Waals surface area contributed by atoms with Crippen LogP contribution in [0.25, 0.3) is 0 Å². The zero-order chi connectivity index (χ0) is 20.5. The van der Waals surface area contributed by atoms with Gasteiger partial charge in [0.1, 0.15) is 23.0 Å². The lowest BCUT2D eigenvalue weighted by atomic mass is 9.89. The van der Waals surface area contributed by atoms with Gasteiger partial charge < -0.3 is 20.1 Å². The fourth-order valence-electron chi connectivity index (χ4n) is 3.59. The third-order valence-corrected chi connectivity index (χ3v) is 4.62. The number of ether oxygens (including phenoxy) is 1. The van der Waals surface area contributed by atoms with Crippen molar-refractivity contribution in [2.75, 3.05) is 12.4 Å². The first-order chi connectivity index (χ1) is 13.2. The minimum Gasteiger partial charge on any atom is -0.494 e. The minimum absolute atomic E-state index is 0.241. The molecule has 1 aromatic carbocycles. The van der Waals surface area contributed by atoms with E-state index < -0.39 is 17.4 Å². The number of carbonyl (C=O) groups is 2. The van der Waals surface area contributed by atoms with Gasteiger partial charge in [0.15, 0.2) is 5.78 Å². The Morgan fingerprint density at radius 2 is 2.11 bits per heavy atom. The predicted octanol–water partition coefficient (Wildman–Crippen LogP) is 3.09. The number of aliphatic hydroxyl groups is 1. The van der Waals surface area contributed by atoms with Gasteiger partial charge in [-0.2, -0.15) is 0 Å². The van der Waals surface area contributed by atoms with E-state index in [2.05, 4.69) is 22.1 Å². The third-order valence-electron chi connectivity index (χ3n) is 4.62. The molecule has 6 nitrogen and oxygen atoms in total. The lowest BCUT2D eigenvalue weighted by Gasteiger charge is -2.18. The summed E-state index contributed by atoms with van der Waals surface area (Å²) in [4.78, 5) is 28.5. The quantitative estimate of drug-likeness (QED) is 0.422. The molecule has 0 spiro atoms. The van der Waals surface area contributed by atoms with Crippen LogP contribution in [0.15, 0.2) is 30.5 Å². The van der Waals surface area contributed by atoms with Gasteiger partial charge in [-0.3, -0.25) is 9.59 Å². The highest BCUT2D eigenvalue weighted by atomic mass is 16.5. The smallest absolute Gasteiger partial charge is 0.240 e. The molecule has 3 rings (SSSR count). The highest BCUT2D eigenvalue weighted by Gasteiger charge is 2.40. The number of benzene rings is 1. The molecule has 1 amide bonds. The number of carbonyl (C=O) groups excluding carboxylic acids is 2. The topological polar surface area (TPSA) is 91.4 Å². The Morgan fingerprint density at radius 1 is 1.36 bits per heavy atom. The molecule has 146 valence electrons. The highest BCUT2D eigenvalue weighted by Crippen LogP contribution is 2.38. The number of methoxy groups -OCH3 is 1. The first-order valence-corrected chi connectivity index (χ1v) is 9.18. The van der Waals surface area contributed by atoms with Crippen LogP contribution < -0.4 is 10.1 Å². The molecule has 28 heavy (non-hydrogen) atoms. The van der Waals surface area contributed by atoms with Gasteiger partial charge in [-0.05, 0) is 37.5 Å². The van der Waals surface area contributed by atoms with Gasteiger partial charge in [-0.25, -0.2) is 0 Å². The number of nitrogens with one attached hydrogen (secondary N) is 2. The maximum atomic E-state index is 13.1. The van der Waals surface area contributed by atoms with Crippen molar-refractivity contribution in [3.8, 4) is 17.6 Å². The van der Waals surface area contributed by atoms with E-state index in [4.69, 9.17) is 4.74 Å². The van der Waals surface area contributed by atoms with E-state index in [1.807, 2.05) is 13.8 Å². The standard InChI is InChI=1S/C22H24N2O4/c1-13(2)12-22(3,27)10-8-14-6-5-7-15-17(14)18(21(26)24-15)20(25)19-16(28-4)9-11-23-19/h5-7,9,11,13,18,23,27H,12H2,1-4H3,(H,24,26). The van der Waals surface area contributed by atoms with Crippen molar-refractivity contribution >= 4 is 17.4 Å². The summed E-state index contributed by atoms with van der Waals surface area (Å²) in [5, 5.41) is 13.2. The van der Waals surface area contributed by atoms with E-state index in [1.165, 1.54) is 7.11 Å². The van der Waals surface area contributed by atoms with Gasteiger partial charge >= 0.3 is 0 Å². The van der Waals surface area contributed by atoms with Crippen LogP contribution in [0.4, 0.5) is 5.69 Å². The number of hydrogen-bond donors (Lipinski definition) is 3. The summed E-state index contributed by atoms with van der Waals surface area (Å²) in [6.07, 6.45) is 2.11. The summed E-state index contributed by atoms with van der Waals surface area (Å²) < 4.78 is 5.20. The molecule has 0 radical (unpaired) electrons. The van der Waals surface area contributed by atoms with Crippen LogP contribution >= 0.6 is 0 Å². The number of anilines is 1. The molecule has 0 aliphatic carbocycles. The number of hydrogen-bond acceptors (Lipinski definition) is 4. The predicted molar refractivity (Wildman–Crippen MR) is 106 cm³/mol. The van der Waals surface area contributed by atoms with Crippen molar-refractivity contribution in [3.63, 3.8) is 0 Å². The van der Waals surface area contributed by atoms with Gasteiger partial charge in [0.25, 0.3) is 0 Å². The third kappa shape index (κ3) is 3.80. The average molecular weight is 380 g/mol. The van der Waals surface area contributed by atoms with Gasteiger partial charge in [0, 0.05) is 23.0 Å². The van der Waals surface area contributed by atoms with E-state index in [1.54, 1.807) is 37.4 Å². The zero-order valence-corrected chi connectivity index (χ0v) is 16.4. The molecule has 3 N–H and O–H groups in total. The number of aromatic nitrogens is 1. The molecule has 0 fully saturated rings. The first kappa shape index (κ1) is 19.7. The average Bonchev–Trinajstić information content (AvgIpc) is 3.21. The van der Waals surface area contributed by atoms with Gasteiger partial charge in [-0.15, -0.1) is 0 Å². The number of ketones is 1. The van der Waals surface area contributed by atoms with Crippen LogP contribution in [-0.2, 0) is 4.79 Å². The number of aromatic amines is 1. The first-order valence-electron chi connectivity index (χ1n) is 9.18. The van der Waals surface area contributed by atoms with Crippen molar-refractivity contribution in [1.82, 2.24) is 4.98 Å². The summed E-state index contributed by atoms with van der Waals surface area (Å²) in [5.41, 5.74) is 0.717. The Kier molecular flexibility index (Phi) is 5.30. The van der Waals surface area contributed by atoms with Crippen molar-refractivity contribution in [2.45, 2.75) is 38.7 Å². The van der Waals surface area contributed by atoms with Crippen molar-refractivity contribution in [3.05, 3.63) is 47.3 Å². The summed E-state index contributed by atoms with van der Waals surface area (Å²) in [7, 11) is 1.47. The summed E-state index contributed by atoms with van der Waals surface area (Å²) in [6, 6.07) is 6.89. The van der Waals surface area contributed by atoms with Crippen molar-refractivity contribution < 1.29 is 19.4 Å². The van der Waals surface area contributed by atoms with E-state index in [0.717, 1.165) is 0 Å². The second kappa shape index (κ2) is 7.53. The van der Waals surface area contributed by atoms with Crippen LogP contribution in [0, 0.1) is 17.8 Å². The number of rotatable bonds is 5. The summed E-state index contributed by atoms with van der Waals surface area (Å²) in [5.74, 6) is 4.72. The molecule has 2 heterocycles. The lowest BCUT2D eigenvalue weighted by Crippen LogP contribution is -2.24. The normalized spacial score (nSPS) is 17.4. The fourth-order valence-corrected chi connectivity index (χ4v) is 3.59. The SMILES string of the molecule is COc1cc[nH]c1C(=O)C1C(=O)Nc2cccc(C#CC(C)(O)CC(C)C)c21. The molecule has 0 saturated carbocycles. The molecular weight excluding hydrogens is 356 g/mol. The van der Waals surface area contributed by atoms with Crippen LogP contribution in [-0.4, -0.2) is 34.5 Å². The Morgan fingerprint density at radius 3 is 2.79 bits per heavy atom. The molecule has 0 bridgehead atoms. The molecule has 0 saturated heterocycles. The Bertz CT molecular complexity index is 976. The van der Waals surface area contributed by atoms with Gasteiger partial charge in [0.2, 0.25) is 5.91 Å². The number of amides is 1. The van der Waals surface area contributed by atoms with Crippen LogP contribution in [0.3, 0.4) is 0 Å². The van der Waals surface area contributed by atoms with E-state index >= 15 is 0 Å². The Labute approximate surface area is 164 Å². The molecule has 1 aromatic heterocycles. The van der Waals surface area contributed by atoms with Crippen LogP contribution in [0.1, 0.15) is 54.7 Å². The van der Waals surface area contributed by atoms with Gasteiger partial charge in [-0.1, -0.05) is 31.8 Å². The minimum atomic E-state index is -1.16. The maximum absolute atomic E-state index is 13.1. The van der Waals surface area contributed by atoms with Crippen molar-refractivity contribution in [1.29, 1.82) is 0 Å². The number of H-pyrrole nitrogens is 1. The van der Waals surface area contributed by atoms with Crippen molar-refractivity contribution in [2.24, 2.45) is 5.92 Å². The summed E-state index contributed by atoms with van der Waals surface area (Å²) >= 11 is 0. The largest absolute Gasteiger partial charge is 0.494 e.